The summed E-state index contributed by atoms with van der Waals surface area (Å²) >= 11 is 1.75. The molecule has 3 aliphatic rings. The molecule has 9 heteroatoms. The Balaban J connectivity index is 1.43. The number of thioether (sulfide) groups is 1. The monoisotopic (exact) mass is 807 g/mol. The lowest BCUT2D eigenvalue weighted by molar-refractivity contribution is -0.438. The van der Waals surface area contributed by atoms with Crippen LogP contribution in [0.1, 0.15) is 108 Å². The van der Waals surface area contributed by atoms with Crippen LogP contribution in [0, 0.1) is 6.92 Å². The van der Waals surface area contributed by atoms with Crippen molar-refractivity contribution in [1.82, 2.24) is 0 Å². The molecule has 3 aromatic rings. The summed E-state index contributed by atoms with van der Waals surface area (Å²) in [5.41, 5.74) is 11.7. The topological polar surface area (TPSA) is 97.9 Å². The Hall–Kier alpha value is -4.18. The van der Waals surface area contributed by atoms with Gasteiger partial charge in [0.15, 0.2) is 5.71 Å². The van der Waals surface area contributed by atoms with Crippen LogP contribution in [-0.2, 0) is 32.2 Å². The molecule has 7 nitrogen and oxygen atoms in total. The molecule has 0 bridgehead atoms. The number of hydrogen-bond donors (Lipinski definition) is 2. The normalized spacial score (nSPS) is 19.0. The van der Waals surface area contributed by atoms with Crippen molar-refractivity contribution in [2.24, 2.45) is 0 Å². The summed E-state index contributed by atoms with van der Waals surface area (Å²) in [5.74, 6) is -1.08. The SMILES string of the molecule is CCCCC[N+]1=C(/C=C/C2=C(Sc3ccc(CC(=O)O)cc3)C(=C/C=C3/N(CCCCS(=O)(=O)O)c4ccc(C)cc4C3(C)C)/CCC2)C(C)(C)c2ccccc21. The van der Waals surface area contributed by atoms with Crippen LogP contribution in [-0.4, -0.2) is 53.2 Å². The Kier molecular flexibility index (Phi) is 13.2. The fourth-order valence-electron chi connectivity index (χ4n) is 8.66. The molecule has 0 spiro atoms. The number of carbonyl (C=O) groups is 1. The van der Waals surface area contributed by atoms with Crippen molar-refractivity contribution in [2.45, 2.75) is 115 Å². The van der Waals surface area contributed by atoms with Crippen molar-refractivity contribution in [2.75, 3.05) is 23.7 Å². The smallest absolute Gasteiger partial charge is 0.307 e. The minimum Gasteiger partial charge on any atom is -0.481 e. The van der Waals surface area contributed by atoms with Gasteiger partial charge in [-0.2, -0.15) is 13.0 Å². The van der Waals surface area contributed by atoms with E-state index >= 15 is 0 Å². The van der Waals surface area contributed by atoms with Gasteiger partial charge in [0.2, 0.25) is 5.69 Å². The summed E-state index contributed by atoms with van der Waals surface area (Å²) in [6, 6.07) is 23.3. The summed E-state index contributed by atoms with van der Waals surface area (Å²) in [5, 5.41) is 9.38. The maximum Gasteiger partial charge on any atom is 0.307 e. The van der Waals surface area contributed by atoms with E-state index in [9.17, 15) is 22.9 Å². The lowest BCUT2D eigenvalue weighted by atomic mass is 9.81. The third-order valence-corrected chi connectivity index (χ3v) is 13.8. The van der Waals surface area contributed by atoms with E-state index in [1.807, 2.05) is 24.3 Å². The third kappa shape index (κ3) is 9.76. The molecule has 2 N–H and O–H groups in total. The predicted octanol–water partition coefficient (Wildman–Crippen LogP) is 11.3. The highest BCUT2D eigenvalue weighted by molar-refractivity contribution is 8.03. The van der Waals surface area contributed by atoms with E-state index in [4.69, 9.17) is 0 Å². The molecule has 57 heavy (non-hydrogen) atoms. The fourth-order valence-corrected chi connectivity index (χ4v) is 10.3. The molecule has 0 unspecified atom stereocenters. The molecule has 0 fully saturated rings. The molecule has 302 valence electrons. The largest absolute Gasteiger partial charge is 0.481 e. The van der Waals surface area contributed by atoms with E-state index in [1.165, 1.54) is 57.0 Å². The van der Waals surface area contributed by atoms with Crippen molar-refractivity contribution >= 4 is 44.9 Å². The van der Waals surface area contributed by atoms with E-state index in [2.05, 4.69) is 118 Å². The zero-order chi connectivity index (χ0) is 41.0. The number of carboxylic acid groups (broad SMARTS) is 1. The van der Waals surface area contributed by atoms with Gasteiger partial charge in [-0.15, -0.1) is 0 Å². The van der Waals surface area contributed by atoms with Crippen molar-refractivity contribution < 1.29 is 27.4 Å². The summed E-state index contributed by atoms with van der Waals surface area (Å²) < 4.78 is 34.9. The van der Waals surface area contributed by atoms with E-state index in [0.717, 1.165) is 54.1 Å². The number of allylic oxidation sites excluding steroid dienone is 7. The number of carboxylic acids is 1. The first kappa shape index (κ1) is 42.4. The van der Waals surface area contributed by atoms with Crippen LogP contribution in [0.2, 0.25) is 0 Å². The second kappa shape index (κ2) is 17.8. The number of hydrogen-bond acceptors (Lipinski definition) is 5. The average molecular weight is 808 g/mol. The van der Waals surface area contributed by atoms with Gasteiger partial charge < -0.3 is 10.0 Å². The van der Waals surface area contributed by atoms with Gasteiger partial charge >= 0.3 is 5.97 Å². The number of aliphatic carboxylic acids is 1. The van der Waals surface area contributed by atoms with Gasteiger partial charge in [0.1, 0.15) is 6.54 Å². The first-order valence-corrected chi connectivity index (χ1v) is 22.9. The molecule has 3 aromatic carbocycles. The number of anilines is 1. The maximum atomic E-state index is 11.5. The lowest BCUT2D eigenvalue weighted by Gasteiger charge is -2.27. The van der Waals surface area contributed by atoms with Crippen LogP contribution in [0.3, 0.4) is 0 Å². The fraction of sp³-hybridized carbons (Fsp3) is 0.417. The Morgan fingerprint density at radius 2 is 1.65 bits per heavy atom. The Labute approximate surface area is 344 Å². The van der Waals surface area contributed by atoms with Crippen molar-refractivity contribution in [1.29, 1.82) is 0 Å². The molecular weight excluding hydrogens is 749 g/mol. The van der Waals surface area contributed by atoms with Crippen LogP contribution in [0.4, 0.5) is 11.4 Å². The van der Waals surface area contributed by atoms with E-state index in [0.29, 0.717) is 19.4 Å². The average Bonchev–Trinajstić information content (AvgIpc) is 3.50. The lowest BCUT2D eigenvalue weighted by Crippen LogP contribution is -2.28. The summed E-state index contributed by atoms with van der Waals surface area (Å²) in [4.78, 5) is 16.1. The van der Waals surface area contributed by atoms with Gasteiger partial charge in [0.05, 0.1) is 17.6 Å². The molecule has 6 rings (SSSR count). The summed E-state index contributed by atoms with van der Waals surface area (Å²) in [7, 11) is -4.02. The Bertz CT molecular complexity index is 2260. The predicted molar refractivity (Wildman–Crippen MR) is 236 cm³/mol. The molecule has 2 heterocycles. The third-order valence-electron chi connectivity index (χ3n) is 11.7. The van der Waals surface area contributed by atoms with Gasteiger partial charge in [0, 0.05) is 57.3 Å². The van der Waals surface area contributed by atoms with Gasteiger partial charge in [-0.3, -0.25) is 9.35 Å². The molecule has 0 saturated carbocycles. The number of fused-ring (bicyclic) bond motifs is 2. The van der Waals surface area contributed by atoms with Crippen LogP contribution in [0.15, 0.2) is 118 Å². The summed E-state index contributed by atoms with van der Waals surface area (Å²) in [6.45, 7) is 15.2. The zero-order valence-corrected chi connectivity index (χ0v) is 36.1. The molecule has 1 aliphatic carbocycles. The Morgan fingerprint density at radius 3 is 2.37 bits per heavy atom. The zero-order valence-electron chi connectivity index (χ0n) is 34.5. The van der Waals surface area contributed by atoms with Crippen LogP contribution < -0.4 is 4.90 Å². The van der Waals surface area contributed by atoms with Crippen molar-refractivity contribution in [3.8, 4) is 0 Å². The van der Waals surface area contributed by atoms with Crippen molar-refractivity contribution in [3.63, 3.8) is 0 Å². The highest BCUT2D eigenvalue weighted by Gasteiger charge is 2.44. The number of aryl methyl sites for hydroxylation is 1. The molecule has 0 radical (unpaired) electrons. The number of benzene rings is 3. The standard InChI is InChI=1S/C48H58N2O5S2/c1-7-8-11-29-49-41-18-10-9-17-39(41)47(3,4)43(49)27-22-36-15-14-16-37(46(36)56-38-24-20-35(21-25-38)33-45(51)52)23-28-44-48(5,6)40-32-34(2)19-26-42(40)50(44)30-12-13-31-57(53,54)55/h9-10,17-28,32H,7-8,11-16,29-31,33H2,1-6H3,(H-,51,52,53,54,55)/p+1. The second-order valence-corrected chi connectivity index (χ2v) is 19.4. The maximum absolute atomic E-state index is 11.5. The Morgan fingerprint density at radius 1 is 0.895 bits per heavy atom. The number of nitrogens with zero attached hydrogens (tertiary/aromatic N) is 2. The first-order valence-electron chi connectivity index (χ1n) is 20.5. The van der Waals surface area contributed by atoms with Crippen LogP contribution in [0.5, 0.6) is 0 Å². The van der Waals surface area contributed by atoms with Gasteiger partial charge in [-0.1, -0.05) is 99.1 Å². The van der Waals surface area contributed by atoms with E-state index in [1.54, 1.807) is 11.8 Å². The molecular formula is C48H59N2O5S2+. The number of unbranched alkanes of at least 4 members (excludes halogenated alkanes) is 3. The number of para-hydroxylation sites is 1. The van der Waals surface area contributed by atoms with Crippen molar-refractivity contribution in [3.05, 3.63) is 135 Å². The quantitative estimate of drug-likeness (QED) is 0.0845. The van der Waals surface area contributed by atoms with Gasteiger partial charge in [0.25, 0.3) is 10.1 Å². The molecule has 0 amide bonds. The van der Waals surface area contributed by atoms with E-state index < -0.39 is 16.1 Å². The molecule has 0 aromatic heterocycles. The molecule has 2 aliphatic heterocycles. The number of rotatable bonds is 16. The van der Waals surface area contributed by atoms with Gasteiger partial charge in [-0.25, -0.2) is 0 Å². The second-order valence-electron chi connectivity index (χ2n) is 16.8. The van der Waals surface area contributed by atoms with E-state index in [-0.39, 0.29) is 23.0 Å². The van der Waals surface area contributed by atoms with Crippen LogP contribution >= 0.6 is 11.8 Å². The molecule has 0 atom stereocenters. The van der Waals surface area contributed by atoms with Gasteiger partial charge in [-0.05, 0) is 106 Å². The van der Waals surface area contributed by atoms with Crippen LogP contribution in [0.25, 0.3) is 0 Å². The highest BCUT2D eigenvalue weighted by atomic mass is 32.2. The first-order chi connectivity index (χ1) is 27.1. The summed E-state index contributed by atoms with van der Waals surface area (Å²) in [6.07, 6.45) is 16.7. The molecule has 0 saturated heterocycles. The highest BCUT2D eigenvalue weighted by Crippen LogP contribution is 2.49. The minimum absolute atomic E-state index is 0.00406. The minimum atomic E-state index is -4.02.